The molecule has 1 amide bonds. The fourth-order valence-electron chi connectivity index (χ4n) is 2.03. The third kappa shape index (κ3) is 4.71. The van der Waals surface area contributed by atoms with Crippen LogP contribution in [-0.2, 0) is 10.3 Å². The smallest absolute Gasteiger partial charge is 0.413 e. The highest BCUT2D eigenvalue weighted by molar-refractivity contribution is 8.13. The number of hydrogen-bond donors (Lipinski definition) is 2. The van der Waals surface area contributed by atoms with Gasteiger partial charge >= 0.3 is 12.1 Å². The van der Waals surface area contributed by atoms with Crippen LogP contribution < -0.4 is 5.32 Å². The van der Waals surface area contributed by atoms with E-state index in [2.05, 4.69) is 10.3 Å². The van der Waals surface area contributed by atoms with Crippen molar-refractivity contribution in [3.63, 3.8) is 0 Å². The Kier molecular flexibility index (Phi) is 5.05. The Morgan fingerprint density at radius 2 is 2.09 bits per heavy atom. The maximum absolute atomic E-state index is 11.9. The zero-order chi connectivity index (χ0) is 17.3. The maximum Gasteiger partial charge on any atom is 0.413 e. The van der Waals surface area contributed by atoms with Crippen LogP contribution >= 0.6 is 23.1 Å². The summed E-state index contributed by atoms with van der Waals surface area (Å²) in [5, 5.41) is 12.2. The summed E-state index contributed by atoms with van der Waals surface area (Å²) in [6.45, 7) is 7.34. The van der Waals surface area contributed by atoms with Gasteiger partial charge in [0, 0.05) is 10.6 Å². The van der Waals surface area contributed by atoms with E-state index in [0.29, 0.717) is 5.17 Å². The summed E-state index contributed by atoms with van der Waals surface area (Å²) in [6, 6.07) is 3.38. The molecule has 2 rings (SSSR count). The minimum atomic E-state index is -0.939. The van der Waals surface area contributed by atoms with Crippen molar-refractivity contribution in [2.75, 3.05) is 5.75 Å². The third-order valence-corrected chi connectivity index (χ3v) is 5.33. The van der Waals surface area contributed by atoms with Gasteiger partial charge in [0.1, 0.15) is 10.5 Å². The lowest BCUT2D eigenvalue weighted by molar-refractivity contribution is 0.0563. The lowest BCUT2D eigenvalue weighted by atomic mass is 9.97. The predicted molar refractivity (Wildman–Crippen MR) is 92.5 cm³/mol. The van der Waals surface area contributed by atoms with Crippen LogP contribution in [0, 0.1) is 0 Å². The number of amides is 1. The van der Waals surface area contributed by atoms with Crippen molar-refractivity contribution >= 4 is 40.3 Å². The molecule has 8 heteroatoms. The number of nitrogens with one attached hydrogen (secondary N) is 1. The number of hydrogen-bond acceptors (Lipinski definition) is 6. The number of ether oxygens (including phenoxy) is 1. The second kappa shape index (κ2) is 6.52. The van der Waals surface area contributed by atoms with Gasteiger partial charge in [-0.3, -0.25) is 10.3 Å². The molecule has 1 aromatic heterocycles. The molecular weight excluding hydrogens is 336 g/mol. The molecule has 1 aliphatic heterocycles. The Bertz CT molecular complexity index is 648. The number of rotatable bonds is 2. The fourth-order valence-corrected chi connectivity index (χ4v) is 4.11. The average Bonchev–Trinajstić information content (AvgIpc) is 2.86. The van der Waals surface area contributed by atoms with Crippen molar-refractivity contribution in [3.05, 3.63) is 21.9 Å². The number of amidine groups is 1. The number of carboxylic acid groups (broad SMARTS) is 1. The molecule has 0 radical (unpaired) electrons. The summed E-state index contributed by atoms with van der Waals surface area (Å²) >= 11 is 2.67. The Morgan fingerprint density at radius 1 is 1.39 bits per heavy atom. The van der Waals surface area contributed by atoms with Gasteiger partial charge in [-0.2, -0.15) is 0 Å². The zero-order valence-corrected chi connectivity index (χ0v) is 15.1. The molecule has 1 unspecified atom stereocenters. The first kappa shape index (κ1) is 17.8. The van der Waals surface area contributed by atoms with E-state index in [1.807, 2.05) is 6.92 Å². The largest absolute Gasteiger partial charge is 0.477 e. The summed E-state index contributed by atoms with van der Waals surface area (Å²) < 4.78 is 5.23. The molecule has 1 aliphatic rings. The van der Waals surface area contributed by atoms with Crippen molar-refractivity contribution in [1.82, 2.24) is 5.32 Å². The second-order valence-corrected chi connectivity index (χ2v) is 8.55. The Morgan fingerprint density at radius 3 is 2.65 bits per heavy atom. The average molecular weight is 356 g/mol. The van der Waals surface area contributed by atoms with Crippen LogP contribution in [0.4, 0.5) is 4.79 Å². The van der Waals surface area contributed by atoms with Crippen LogP contribution in [0.15, 0.2) is 17.1 Å². The summed E-state index contributed by atoms with van der Waals surface area (Å²) in [5.74, 6) is -0.156. The van der Waals surface area contributed by atoms with Gasteiger partial charge < -0.3 is 9.84 Å². The highest BCUT2D eigenvalue weighted by atomic mass is 32.2. The van der Waals surface area contributed by atoms with E-state index in [1.165, 1.54) is 23.1 Å². The van der Waals surface area contributed by atoms with Gasteiger partial charge in [0.25, 0.3) is 0 Å². The molecule has 1 atom stereocenters. The summed E-state index contributed by atoms with van der Waals surface area (Å²) in [5.41, 5.74) is -1.11. The van der Waals surface area contributed by atoms with E-state index < -0.39 is 23.2 Å². The minimum Gasteiger partial charge on any atom is -0.477 e. The highest BCUT2D eigenvalue weighted by Crippen LogP contribution is 2.39. The second-order valence-electron chi connectivity index (χ2n) is 6.39. The molecule has 0 aliphatic carbocycles. The van der Waals surface area contributed by atoms with Gasteiger partial charge in [-0.1, -0.05) is 11.8 Å². The van der Waals surface area contributed by atoms with E-state index in [1.54, 1.807) is 32.9 Å². The monoisotopic (exact) mass is 356 g/mol. The standard InChI is InChI=1S/C15H20N2O4S2/c1-14(2,3)21-13(20)16-12-17-15(4,7-8-22-12)10-6-5-9(23-10)11(18)19/h5-6H,7-8H2,1-4H3,(H,18,19)(H,16,17,20). The van der Waals surface area contributed by atoms with Crippen molar-refractivity contribution in [2.24, 2.45) is 4.99 Å². The quantitative estimate of drug-likeness (QED) is 0.844. The number of carbonyl (C=O) groups excluding carboxylic acids is 1. The summed E-state index contributed by atoms with van der Waals surface area (Å²) in [4.78, 5) is 28.7. The molecule has 0 fully saturated rings. The zero-order valence-electron chi connectivity index (χ0n) is 13.5. The Balaban J connectivity index is 2.16. The lowest BCUT2D eigenvalue weighted by Gasteiger charge is -2.29. The van der Waals surface area contributed by atoms with Gasteiger partial charge in [0.05, 0.1) is 5.54 Å². The number of aromatic carboxylic acids is 1. The van der Waals surface area contributed by atoms with Crippen molar-refractivity contribution in [3.8, 4) is 0 Å². The number of aliphatic imine (C=N–C) groups is 1. The van der Waals surface area contributed by atoms with Gasteiger partial charge in [0.15, 0.2) is 5.17 Å². The summed E-state index contributed by atoms with van der Waals surface area (Å²) in [7, 11) is 0. The first-order valence-corrected chi connectivity index (χ1v) is 8.95. The van der Waals surface area contributed by atoms with Crippen LogP contribution in [0.5, 0.6) is 0 Å². The van der Waals surface area contributed by atoms with Crippen LogP contribution in [-0.4, -0.2) is 33.7 Å². The molecule has 2 N–H and O–H groups in total. The van der Waals surface area contributed by atoms with Crippen molar-refractivity contribution < 1.29 is 19.4 Å². The van der Waals surface area contributed by atoms with Crippen LogP contribution in [0.25, 0.3) is 0 Å². The molecule has 0 saturated heterocycles. The number of carbonyl (C=O) groups is 2. The van der Waals surface area contributed by atoms with E-state index >= 15 is 0 Å². The van der Waals surface area contributed by atoms with E-state index in [4.69, 9.17) is 9.84 Å². The van der Waals surface area contributed by atoms with Gasteiger partial charge in [-0.25, -0.2) is 9.59 Å². The van der Waals surface area contributed by atoms with E-state index in [-0.39, 0.29) is 4.88 Å². The number of thiophene rings is 1. The summed E-state index contributed by atoms with van der Waals surface area (Å²) in [6.07, 6.45) is 0.238. The molecule has 2 heterocycles. The molecule has 0 saturated carbocycles. The number of alkyl carbamates (subject to hydrolysis) is 1. The Hall–Kier alpha value is -1.54. The number of thioether (sulfide) groups is 1. The third-order valence-electron chi connectivity index (χ3n) is 3.13. The molecule has 6 nitrogen and oxygen atoms in total. The maximum atomic E-state index is 11.9. The minimum absolute atomic E-state index is 0.288. The molecule has 0 aromatic carbocycles. The molecule has 1 aromatic rings. The lowest BCUT2D eigenvalue weighted by Crippen LogP contribution is -2.38. The number of nitrogens with zero attached hydrogens (tertiary/aromatic N) is 1. The molecule has 126 valence electrons. The van der Waals surface area contributed by atoms with Crippen LogP contribution in [0.2, 0.25) is 0 Å². The van der Waals surface area contributed by atoms with E-state index in [9.17, 15) is 9.59 Å². The molecular formula is C15H20N2O4S2. The SMILES string of the molecule is CC(C)(C)OC(=O)NC1=NC(C)(c2ccc(C(=O)O)s2)CCS1. The highest BCUT2D eigenvalue weighted by Gasteiger charge is 2.33. The normalized spacial score (nSPS) is 21.5. The first-order valence-electron chi connectivity index (χ1n) is 7.15. The van der Waals surface area contributed by atoms with Crippen LogP contribution in [0.1, 0.15) is 48.7 Å². The van der Waals surface area contributed by atoms with Gasteiger partial charge in [-0.15, -0.1) is 11.3 Å². The van der Waals surface area contributed by atoms with Crippen LogP contribution in [0.3, 0.4) is 0 Å². The fraction of sp³-hybridized carbons (Fsp3) is 0.533. The first-order chi connectivity index (χ1) is 10.6. The molecule has 23 heavy (non-hydrogen) atoms. The van der Waals surface area contributed by atoms with Gasteiger partial charge in [0.2, 0.25) is 0 Å². The predicted octanol–water partition coefficient (Wildman–Crippen LogP) is 3.68. The molecule has 0 spiro atoms. The van der Waals surface area contributed by atoms with Crippen molar-refractivity contribution in [1.29, 1.82) is 0 Å². The molecule has 0 bridgehead atoms. The Labute approximate surface area is 143 Å². The topological polar surface area (TPSA) is 88.0 Å². The van der Waals surface area contributed by atoms with Gasteiger partial charge in [-0.05, 0) is 46.2 Å². The van der Waals surface area contributed by atoms with Crippen molar-refractivity contribution in [2.45, 2.75) is 45.3 Å². The van der Waals surface area contributed by atoms with E-state index in [0.717, 1.165) is 17.1 Å². The number of carboxylic acids is 1.